The zero-order valence-electron chi connectivity index (χ0n) is 12.6. The van der Waals surface area contributed by atoms with Crippen LogP contribution < -0.4 is 0 Å². The highest BCUT2D eigenvalue weighted by Crippen LogP contribution is 2.21. The molecule has 0 saturated carbocycles. The molecule has 5 heteroatoms. The predicted octanol–water partition coefficient (Wildman–Crippen LogP) is 2.95. The molecule has 1 aromatic carbocycles. The third kappa shape index (κ3) is 3.66. The third-order valence-corrected chi connectivity index (χ3v) is 4.01. The Hall–Kier alpha value is -0.675. The summed E-state index contributed by atoms with van der Waals surface area (Å²) < 4.78 is 7.68. The average molecular weight is 291 g/mol. The van der Waals surface area contributed by atoms with Crippen molar-refractivity contribution in [3.05, 3.63) is 35.2 Å². The number of hydrogen-bond donors (Lipinski definition) is 0. The molecule has 0 aliphatic rings. The highest BCUT2D eigenvalue weighted by Gasteiger charge is 2.08. The van der Waals surface area contributed by atoms with Gasteiger partial charge in [-0.2, -0.15) is 23.5 Å². The standard InChI is InChI=1S/C14H19BN2S2/c1-18-8-13-14(9-19-2)17-12-7-10(5-6-15)3-4-11(12)16-13/h3-4,7H,5-6,8-9,15H2,1-2H3/i6D/t6-/m1/s1. The lowest BCUT2D eigenvalue weighted by atomic mass is 9.97. The van der Waals surface area contributed by atoms with E-state index in [4.69, 9.17) is 11.3 Å². The molecule has 0 aliphatic carbocycles. The van der Waals surface area contributed by atoms with Gasteiger partial charge in [-0.05, 0) is 36.6 Å². The van der Waals surface area contributed by atoms with E-state index in [9.17, 15) is 0 Å². The summed E-state index contributed by atoms with van der Waals surface area (Å²) in [6.07, 6.45) is 4.87. The maximum atomic E-state index is 7.68. The van der Waals surface area contributed by atoms with Crippen LogP contribution in [0.2, 0.25) is 6.30 Å². The van der Waals surface area contributed by atoms with Crippen molar-refractivity contribution >= 4 is 42.4 Å². The molecule has 0 amide bonds. The van der Waals surface area contributed by atoms with Gasteiger partial charge in [0.15, 0.2) is 0 Å². The number of rotatable bonds is 6. The molecular weight excluding hydrogens is 271 g/mol. The first-order chi connectivity index (χ1) is 9.63. The number of fused-ring (bicyclic) bond motifs is 1. The molecular formula is C14H19BN2S2. The van der Waals surface area contributed by atoms with Gasteiger partial charge in [-0.1, -0.05) is 12.4 Å². The van der Waals surface area contributed by atoms with Gasteiger partial charge in [-0.3, -0.25) is 0 Å². The fourth-order valence-corrected chi connectivity index (χ4v) is 3.05. The number of benzene rings is 1. The van der Waals surface area contributed by atoms with E-state index in [2.05, 4.69) is 24.6 Å². The van der Waals surface area contributed by atoms with E-state index in [1.54, 1.807) is 23.5 Å². The SMILES string of the molecule is [2H][C@@H](B)Cc1ccc2nc(CSC)c(CSC)nc2c1. The summed E-state index contributed by atoms with van der Waals surface area (Å²) in [5.41, 5.74) is 5.27. The maximum absolute atomic E-state index is 7.68. The molecule has 19 heavy (non-hydrogen) atoms. The largest absolute Gasteiger partial charge is 0.248 e. The van der Waals surface area contributed by atoms with Crippen molar-refractivity contribution in [1.29, 1.82) is 0 Å². The second-order valence-electron chi connectivity index (χ2n) is 4.42. The van der Waals surface area contributed by atoms with E-state index >= 15 is 0 Å². The Morgan fingerprint density at radius 1 is 1.11 bits per heavy atom. The summed E-state index contributed by atoms with van der Waals surface area (Å²) in [4.78, 5) is 9.55. The number of aryl methyl sites for hydroxylation is 1. The van der Waals surface area contributed by atoms with Crippen LogP contribution in [-0.2, 0) is 17.9 Å². The van der Waals surface area contributed by atoms with Gasteiger partial charge >= 0.3 is 0 Å². The summed E-state index contributed by atoms with van der Waals surface area (Å²) in [6, 6.07) is 6.19. The second-order valence-corrected chi connectivity index (χ2v) is 6.15. The van der Waals surface area contributed by atoms with Gasteiger partial charge in [-0.25, -0.2) is 9.97 Å². The topological polar surface area (TPSA) is 25.8 Å². The van der Waals surface area contributed by atoms with Crippen LogP contribution in [0.4, 0.5) is 0 Å². The first-order valence-corrected chi connectivity index (χ1v) is 9.11. The fraction of sp³-hybridized carbons (Fsp3) is 0.429. The molecule has 1 aromatic heterocycles. The number of hydrogen-bond acceptors (Lipinski definition) is 4. The van der Waals surface area contributed by atoms with Gasteiger partial charge in [0.1, 0.15) is 7.85 Å². The van der Waals surface area contributed by atoms with Gasteiger partial charge in [0.05, 0.1) is 22.4 Å². The molecule has 0 aliphatic heterocycles. The van der Waals surface area contributed by atoms with E-state index in [0.717, 1.165) is 40.3 Å². The second kappa shape index (κ2) is 7.20. The molecule has 0 radical (unpaired) electrons. The van der Waals surface area contributed by atoms with Crippen LogP contribution in [-0.4, -0.2) is 30.3 Å². The molecule has 100 valence electrons. The Kier molecular flexibility index (Phi) is 5.04. The molecule has 2 aromatic rings. The van der Waals surface area contributed by atoms with Crippen molar-refractivity contribution in [3.63, 3.8) is 0 Å². The summed E-state index contributed by atoms with van der Waals surface area (Å²) >= 11 is 3.55. The lowest BCUT2D eigenvalue weighted by Crippen LogP contribution is -2.01. The van der Waals surface area contributed by atoms with Crippen LogP contribution in [0.25, 0.3) is 11.0 Å². The molecule has 0 unspecified atom stereocenters. The summed E-state index contributed by atoms with van der Waals surface area (Å²) in [6.45, 7) is 0. The summed E-state index contributed by atoms with van der Waals surface area (Å²) in [7, 11) is 1.91. The zero-order chi connectivity index (χ0) is 14.5. The van der Waals surface area contributed by atoms with Crippen LogP contribution in [0.3, 0.4) is 0 Å². The quantitative estimate of drug-likeness (QED) is 0.764. The minimum Gasteiger partial charge on any atom is -0.248 e. The Bertz CT molecular complexity index is 593. The smallest absolute Gasteiger partial charge is 0.101 e. The zero-order valence-corrected chi connectivity index (χ0v) is 13.3. The molecule has 0 bridgehead atoms. The fourth-order valence-electron chi connectivity index (χ4n) is 2.04. The van der Waals surface area contributed by atoms with Crippen LogP contribution in [0.15, 0.2) is 18.2 Å². The first-order valence-electron chi connectivity index (χ1n) is 6.90. The Balaban J connectivity index is 2.44. The van der Waals surface area contributed by atoms with Crippen LogP contribution in [0, 0.1) is 0 Å². The van der Waals surface area contributed by atoms with Crippen molar-refractivity contribution in [1.82, 2.24) is 9.97 Å². The Morgan fingerprint density at radius 2 is 1.74 bits per heavy atom. The highest BCUT2D eigenvalue weighted by atomic mass is 32.2. The van der Waals surface area contributed by atoms with Gasteiger partial charge in [0.2, 0.25) is 0 Å². The molecule has 2 rings (SSSR count). The highest BCUT2D eigenvalue weighted by molar-refractivity contribution is 7.98. The molecule has 2 nitrogen and oxygen atoms in total. The maximum Gasteiger partial charge on any atom is 0.101 e. The van der Waals surface area contributed by atoms with Crippen molar-refractivity contribution < 1.29 is 1.37 Å². The van der Waals surface area contributed by atoms with E-state index < -0.39 is 0 Å². The number of aromatic nitrogens is 2. The molecule has 0 fully saturated rings. The minimum atomic E-state index is -0.0816. The monoisotopic (exact) mass is 291 g/mol. The molecule has 0 saturated heterocycles. The first kappa shape index (κ1) is 13.3. The van der Waals surface area contributed by atoms with Crippen LogP contribution in [0.1, 0.15) is 18.3 Å². The lowest BCUT2D eigenvalue weighted by molar-refractivity contribution is 1.06. The van der Waals surface area contributed by atoms with Crippen molar-refractivity contribution in [2.75, 3.05) is 12.5 Å². The Labute approximate surface area is 126 Å². The van der Waals surface area contributed by atoms with E-state index in [1.807, 2.05) is 13.9 Å². The van der Waals surface area contributed by atoms with Gasteiger partial charge in [0.25, 0.3) is 0 Å². The van der Waals surface area contributed by atoms with Crippen molar-refractivity contribution in [3.8, 4) is 0 Å². The number of nitrogens with zero attached hydrogens (tertiary/aromatic N) is 2. The molecule has 1 atom stereocenters. The van der Waals surface area contributed by atoms with Crippen molar-refractivity contribution in [2.24, 2.45) is 0 Å². The normalized spacial score (nSPS) is 13.5. The molecule has 0 N–H and O–H groups in total. The lowest BCUT2D eigenvalue weighted by Gasteiger charge is -2.09. The number of thioether (sulfide) groups is 2. The van der Waals surface area contributed by atoms with Gasteiger partial charge < -0.3 is 0 Å². The molecule has 1 heterocycles. The van der Waals surface area contributed by atoms with E-state index in [-0.39, 0.29) is 6.30 Å². The summed E-state index contributed by atoms with van der Waals surface area (Å²) in [5.74, 6) is 1.81. The van der Waals surface area contributed by atoms with Crippen LogP contribution >= 0.6 is 23.5 Å². The average Bonchev–Trinajstić information content (AvgIpc) is 2.39. The predicted molar refractivity (Wildman–Crippen MR) is 91.0 cm³/mol. The van der Waals surface area contributed by atoms with Gasteiger partial charge in [-0.15, -0.1) is 0 Å². The third-order valence-electron chi connectivity index (χ3n) is 2.89. The van der Waals surface area contributed by atoms with Crippen molar-refractivity contribution in [2.45, 2.75) is 24.2 Å². The van der Waals surface area contributed by atoms with Gasteiger partial charge in [0, 0.05) is 12.9 Å². The van der Waals surface area contributed by atoms with E-state index in [0.29, 0.717) is 0 Å². The molecule has 0 spiro atoms. The Morgan fingerprint density at radius 3 is 2.32 bits per heavy atom. The minimum absolute atomic E-state index is 0.0816. The van der Waals surface area contributed by atoms with E-state index in [1.165, 1.54) is 5.56 Å². The summed E-state index contributed by atoms with van der Waals surface area (Å²) in [5, 5.41) is 0. The van der Waals surface area contributed by atoms with Crippen LogP contribution in [0.5, 0.6) is 0 Å².